The van der Waals surface area contributed by atoms with Gasteiger partial charge in [-0.1, -0.05) is 36.6 Å². The fourth-order valence-corrected chi connectivity index (χ4v) is 4.35. The van der Waals surface area contributed by atoms with E-state index in [0.717, 1.165) is 23.3 Å². The van der Waals surface area contributed by atoms with Crippen LogP contribution in [-0.4, -0.2) is 35.8 Å². The summed E-state index contributed by atoms with van der Waals surface area (Å²) in [6, 6.07) is 11.6. The zero-order chi connectivity index (χ0) is 19.2. The van der Waals surface area contributed by atoms with E-state index in [1.54, 1.807) is 4.90 Å². The van der Waals surface area contributed by atoms with Crippen molar-refractivity contribution in [1.82, 2.24) is 10.2 Å². The molecule has 0 aliphatic heterocycles. The summed E-state index contributed by atoms with van der Waals surface area (Å²) >= 11 is 7.41. The lowest BCUT2D eigenvalue weighted by atomic mass is 10.1. The molecule has 1 N–H and O–H groups in total. The zero-order valence-corrected chi connectivity index (χ0v) is 17.1. The van der Waals surface area contributed by atoms with E-state index >= 15 is 0 Å². The third-order valence-corrected chi connectivity index (χ3v) is 6.12. The van der Waals surface area contributed by atoms with Crippen molar-refractivity contribution in [1.29, 1.82) is 0 Å². The van der Waals surface area contributed by atoms with Crippen LogP contribution in [0.15, 0.2) is 36.4 Å². The molecule has 1 heterocycles. The van der Waals surface area contributed by atoms with Gasteiger partial charge >= 0.3 is 0 Å². The average Bonchev–Trinajstić information content (AvgIpc) is 3.31. The van der Waals surface area contributed by atoms with Gasteiger partial charge in [0.1, 0.15) is 0 Å². The van der Waals surface area contributed by atoms with Crippen molar-refractivity contribution in [2.24, 2.45) is 0 Å². The van der Waals surface area contributed by atoms with Gasteiger partial charge in [-0.25, -0.2) is 0 Å². The van der Waals surface area contributed by atoms with Gasteiger partial charge in [0.05, 0.1) is 11.4 Å². The first-order valence-electron chi connectivity index (χ1n) is 9.41. The molecule has 3 rings (SSSR count). The molecule has 1 aliphatic rings. The van der Waals surface area contributed by atoms with Crippen LogP contribution in [0.5, 0.6) is 0 Å². The number of hydrogen-bond donors (Lipinski definition) is 1. The third-order valence-electron chi connectivity index (χ3n) is 4.88. The van der Waals surface area contributed by atoms with E-state index in [2.05, 4.69) is 5.32 Å². The maximum atomic E-state index is 12.9. The lowest BCUT2D eigenvalue weighted by Crippen LogP contribution is -2.44. The molecule has 0 atom stereocenters. The minimum absolute atomic E-state index is 0.0698. The molecule has 1 aliphatic carbocycles. The molecule has 27 heavy (non-hydrogen) atoms. The highest BCUT2D eigenvalue weighted by Gasteiger charge is 2.23. The molecule has 4 nitrogen and oxygen atoms in total. The first-order valence-corrected chi connectivity index (χ1v) is 10.6. The largest absolute Gasteiger partial charge is 0.352 e. The molecule has 1 saturated carbocycles. The van der Waals surface area contributed by atoms with Gasteiger partial charge in [-0.15, -0.1) is 11.3 Å². The molecule has 2 aromatic rings. The van der Waals surface area contributed by atoms with E-state index in [1.807, 2.05) is 43.3 Å². The maximum absolute atomic E-state index is 12.9. The summed E-state index contributed by atoms with van der Waals surface area (Å²) in [5.74, 6) is -0.150. The molecular formula is C21H25ClN2O2S. The smallest absolute Gasteiger partial charge is 0.264 e. The van der Waals surface area contributed by atoms with E-state index in [9.17, 15) is 9.59 Å². The van der Waals surface area contributed by atoms with Crippen molar-refractivity contribution in [3.63, 3.8) is 0 Å². The third kappa shape index (κ3) is 5.81. The molecule has 2 amide bonds. The normalized spacial score (nSPS) is 14.3. The first kappa shape index (κ1) is 19.9. The SMILES string of the molecule is Cc1ccc(C(=O)N(CCc2ccc(Cl)cc2)CC(=O)NC2CCCC2)s1. The molecule has 0 spiro atoms. The Labute approximate surface area is 169 Å². The Morgan fingerprint density at radius 1 is 1.15 bits per heavy atom. The molecule has 0 radical (unpaired) electrons. The van der Waals surface area contributed by atoms with Gasteiger partial charge in [0.2, 0.25) is 5.91 Å². The van der Waals surface area contributed by atoms with Crippen molar-refractivity contribution in [3.8, 4) is 0 Å². The monoisotopic (exact) mass is 404 g/mol. The number of carbonyl (C=O) groups is 2. The van der Waals surface area contributed by atoms with Crippen LogP contribution in [-0.2, 0) is 11.2 Å². The molecule has 6 heteroatoms. The second-order valence-corrected chi connectivity index (χ2v) is 8.79. The Morgan fingerprint density at radius 2 is 1.85 bits per heavy atom. The lowest BCUT2D eigenvalue weighted by Gasteiger charge is -2.23. The summed E-state index contributed by atoms with van der Waals surface area (Å²) in [4.78, 5) is 28.9. The number of rotatable bonds is 7. The minimum Gasteiger partial charge on any atom is -0.352 e. The number of aryl methyl sites for hydroxylation is 1. The highest BCUT2D eigenvalue weighted by molar-refractivity contribution is 7.13. The second-order valence-electron chi connectivity index (χ2n) is 7.06. The summed E-state index contributed by atoms with van der Waals surface area (Å²) in [5.41, 5.74) is 1.09. The van der Waals surface area contributed by atoms with Crippen LogP contribution in [0.3, 0.4) is 0 Å². The highest BCUT2D eigenvalue weighted by atomic mass is 35.5. The quantitative estimate of drug-likeness (QED) is 0.740. The number of amides is 2. The van der Waals surface area contributed by atoms with Gasteiger partial charge in [-0.2, -0.15) is 0 Å². The van der Waals surface area contributed by atoms with Gasteiger partial charge in [-0.3, -0.25) is 9.59 Å². The van der Waals surface area contributed by atoms with Gasteiger partial charge in [0.15, 0.2) is 0 Å². The zero-order valence-electron chi connectivity index (χ0n) is 15.5. The first-order chi connectivity index (χ1) is 13.0. The van der Waals surface area contributed by atoms with E-state index in [4.69, 9.17) is 11.6 Å². The number of halogens is 1. The fourth-order valence-electron chi connectivity index (χ4n) is 3.39. The van der Waals surface area contributed by atoms with E-state index in [1.165, 1.54) is 24.2 Å². The van der Waals surface area contributed by atoms with Crippen LogP contribution in [0.4, 0.5) is 0 Å². The molecule has 1 fully saturated rings. The van der Waals surface area contributed by atoms with Gasteiger partial charge in [0.25, 0.3) is 5.91 Å². The van der Waals surface area contributed by atoms with E-state index < -0.39 is 0 Å². The average molecular weight is 405 g/mol. The fraction of sp³-hybridized carbons (Fsp3) is 0.429. The number of thiophene rings is 1. The van der Waals surface area contributed by atoms with Crippen molar-refractivity contribution in [2.45, 2.75) is 45.1 Å². The Morgan fingerprint density at radius 3 is 2.48 bits per heavy atom. The Balaban J connectivity index is 1.66. The highest BCUT2D eigenvalue weighted by Crippen LogP contribution is 2.19. The van der Waals surface area contributed by atoms with Crippen LogP contribution in [0.2, 0.25) is 5.02 Å². The Bertz CT molecular complexity index is 782. The Hall–Kier alpha value is -1.85. The Kier molecular flexibility index (Phi) is 6.91. The van der Waals surface area contributed by atoms with Gasteiger partial charge in [-0.05, 0) is 56.0 Å². The van der Waals surface area contributed by atoms with Gasteiger partial charge < -0.3 is 10.2 Å². The number of nitrogens with one attached hydrogen (secondary N) is 1. The van der Waals surface area contributed by atoms with Crippen LogP contribution in [0, 0.1) is 6.92 Å². The predicted molar refractivity (Wildman–Crippen MR) is 111 cm³/mol. The van der Waals surface area contributed by atoms with Crippen LogP contribution >= 0.6 is 22.9 Å². The van der Waals surface area contributed by atoms with Crippen LogP contribution in [0.1, 0.15) is 45.8 Å². The summed E-state index contributed by atoms with van der Waals surface area (Å²) < 4.78 is 0. The minimum atomic E-state index is -0.0800. The molecule has 0 saturated heterocycles. The maximum Gasteiger partial charge on any atom is 0.264 e. The number of carbonyl (C=O) groups excluding carboxylic acids is 2. The topological polar surface area (TPSA) is 49.4 Å². The summed E-state index contributed by atoms with van der Waals surface area (Å²) in [6.45, 7) is 2.57. The second kappa shape index (κ2) is 9.38. The summed E-state index contributed by atoms with van der Waals surface area (Å²) in [6.07, 6.45) is 5.09. The number of hydrogen-bond acceptors (Lipinski definition) is 3. The van der Waals surface area contributed by atoms with Crippen molar-refractivity contribution in [3.05, 3.63) is 56.7 Å². The van der Waals surface area contributed by atoms with E-state index in [0.29, 0.717) is 22.9 Å². The van der Waals surface area contributed by atoms with Crippen LogP contribution < -0.4 is 5.32 Å². The summed E-state index contributed by atoms with van der Waals surface area (Å²) in [7, 11) is 0. The molecule has 1 aromatic carbocycles. The van der Waals surface area contributed by atoms with Crippen molar-refractivity contribution < 1.29 is 9.59 Å². The van der Waals surface area contributed by atoms with Gasteiger partial charge in [0, 0.05) is 22.5 Å². The van der Waals surface area contributed by atoms with Crippen molar-refractivity contribution >= 4 is 34.8 Å². The standard InChI is InChI=1S/C21H25ClN2O2S/c1-15-6-11-19(27-15)21(26)24(13-12-16-7-9-17(22)10-8-16)14-20(25)23-18-4-2-3-5-18/h6-11,18H,2-5,12-14H2,1H3,(H,23,25). The number of benzene rings is 1. The van der Waals surface area contributed by atoms with Crippen molar-refractivity contribution in [2.75, 3.05) is 13.1 Å². The summed E-state index contributed by atoms with van der Waals surface area (Å²) in [5, 5.41) is 3.77. The lowest BCUT2D eigenvalue weighted by molar-refractivity contribution is -0.122. The molecule has 1 aromatic heterocycles. The number of nitrogens with zero attached hydrogens (tertiary/aromatic N) is 1. The molecule has 144 valence electrons. The molecular weight excluding hydrogens is 380 g/mol. The van der Waals surface area contributed by atoms with E-state index in [-0.39, 0.29) is 24.4 Å². The molecule has 0 bridgehead atoms. The molecule has 0 unspecified atom stereocenters. The predicted octanol–water partition coefficient (Wildman–Crippen LogP) is 4.45. The van der Waals surface area contributed by atoms with Crippen LogP contribution in [0.25, 0.3) is 0 Å².